The fraction of sp³-hybridized carbons (Fsp3) is 0.241. The van der Waals surface area contributed by atoms with Crippen LogP contribution in [0.15, 0.2) is 78.2 Å². The first-order valence-electron chi connectivity index (χ1n) is 12.3. The molecule has 41 heavy (non-hydrogen) atoms. The van der Waals surface area contributed by atoms with Crippen molar-refractivity contribution in [3.63, 3.8) is 0 Å². The summed E-state index contributed by atoms with van der Waals surface area (Å²) in [6.07, 6.45) is -8.96. The zero-order valence-corrected chi connectivity index (χ0v) is 22.5. The highest BCUT2D eigenvalue weighted by Crippen LogP contribution is 2.31. The molecule has 0 spiro atoms. The summed E-state index contributed by atoms with van der Waals surface area (Å²) in [7, 11) is 1.55. The van der Waals surface area contributed by atoms with Crippen molar-refractivity contribution in [3.05, 3.63) is 117 Å². The largest absolute Gasteiger partial charge is 0.497 e. The highest BCUT2D eigenvalue weighted by molar-refractivity contribution is 7.09. The van der Waals surface area contributed by atoms with Crippen LogP contribution in [-0.2, 0) is 38.5 Å². The Morgan fingerprint density at radius 3 is 2.02 bits per heavy atom. The highest BCUT2D eigenvalue weighted by atomic mass is 32.1. The van der Waals surface area contributed by atoms with Crippen LogP contribution >= 0.6 is 11.3 Å². The van der Waals surface area contributed by atoms with Crippen molar-refractivity contribution in [2.24, 2.45) is 0 Å². The van der Waals surface area contributed by atoms with Crippen molar-refractivity contribution >= 4 is 17.2 Å². The van der Waals surface area contributed by atoms with Gasteiger partial charge in [-0.05, 0) is 47.0 Å². The van der Waals surface area contributed by atoms with Gasteiger partial charge in [0, 0.05) is 25.0 Å². The molecule has 3 aromatic carbocycles. The predicted octanol–water partition coefficient (Wildman–Crippen LogP) is 7.32. The molecule has 4 rings (SSSR count). The maximum Gasteiger partial charge on any atom is 0.416 e. The minimum Gasteiger partial charge on any atom is -0.497 e. The van der Waals surface area contributed by atoms with E-state index >= 15 is 0 Å². The number of nitrogens with one attached hydrogen (secondary N) is 1. The topological polar surface area (TPSA) is 54.5 Å². The Hall–Kier alpha value is -3.90. The average Bonchev–Trinajstić information content (AvgIpc) is 3.40. The monoisotopic (exact) mass is 593 g/mol. The number of carbonyl (C=O) groups excluding carboxylic acids is 1. The lowest BCUT2D eigenvalue weighted by Gasteiger charge is -2.22. The summed E-state index contributed by atoms with van der Waals surface area (Å²) in [4.78, 5) is 18.9. The number of methoxy groups -OCH3 is 1. The lowest BCUT2D eigenvalue weighted by atomic mass is 10.1. The SMILES string of the molecule is COc1ccc(CN(Cc2cccc(C(F)(F)F)c2)Cc2nc(C(=O)NCc3cccc(C(F)(F)F)c3)cs2)cc1. The van der Waals surface area contributed by atoms with Crippen molar-refractivity contribution in [1.29, 1.82) is 0 Å². The van der Waals surface area contributed by atoms with Gasteiger partial charge in [-0.25, -0.2) is 4.98 Å². The number of halogens is 6. The third-order valence-corrected chi connectivity index (χ3v) is 6.91. The zero-order chi connectivity index (χ0) is 29.6. The number of alkyl halides is 6. The van der Waals surface area contributed by atoms with Crippen LogP contribution in [0.25, 0.3) is 0 Å². The first-order valence-corrected chi connectivity index (χ1v) is 13.2. The summed E-state index contributed by atoms with van der Waals surface area (Å²) in [6.45, 7) is 0.700. The Bertz CT molecular complexity index is 1470. The molecule has 0 atom stereocenters. The Labute approximate surface area is 236 Å². The number of amides is 1. The lowest BCUT2D eigenvalue weighted by molar-refractivity contribution is -0.138. The van der Waals surface area contributed by atoms with Gasteiger partial charge in [0.1, 0.15) is 16.5 Å². The second kappa shape index (κ2) is 12.7. The lowest BCUT2D eigenvalue weighted by Crippen LogP contribution is -2.24. The van der Waals surface area contributed by atoms with Crippen LogP contribution in [0.2, 0.25) is 0 Å². The van der Waals surface area contributed by atoms with E-state index in [1.807, 2.05) is 17.0 Å². The molecule has 1 amide bonds. The van der Waals surface area contributed by atoms with Gasteiger partial charge in [-0.2, -0.15) is 26.3 Å². The average molecular weight is 594 g/mol. The van der Waals surface area contributed by atoms with Crippen molar-refractivity contribution < 1.29 is 35.9 Å². The molecule has 216 valence electrons. The smallest absolute Gasteiger partial charge is 0.416 e. The van der Waals surface area contributed by atoms with Crippen LogP contribution in [0.1, 0.15) is 43.3 Å². The van der Waals surface area contributed by atoms with E-state index in [9.17, 15) is 31.1 Å². The number of hydrogen-bond acceptors (Lipinski definition) is 5. The van der Waals surface area contributed by atoms with E-state index < -0.39 is 29.4 Å². The molecule has 0 aliphatic rings. The molecule has 5 nitrogen and oxygen atoms in total. The summed E-state index contributed by atoms with van der Waals surface area (Å²) in [5.41, 5.74) is 0.194. The van der Waals surface area contributed by atoms with E-state index in [-0.39, 0.29) is 30.9 Å². The fourth-order valence-corrected chi connectivity index (χ4v) is 4.89. The van der Waals surface area contributed by atoms with Gasteiger partial charge in [0.2, 0.25) is 0 Å². The van der Waals surface area contributed by atoms with Crippen molar-refractivity contribution in [2.45, 2.75) is 38.5 Å². The number of nitrogens with zero attached hydrogens (tertiary/aromatic N) is 2. The Morgan fingerprint density at radius 2 is 1.41 bits per heavy atom. The number of aromatic nitrogens is 1. The maximum atomic E-state index is 13.3. The molecule has 0 saturated carbocycles. The van der Waals surface area contributed by atoms with Crippen molar-refractivity contribution in [3.8, 4) is 5.75 Å². The number of thiazole rings is 1. The molecule has 0 unspecified atom stereocenters. The molecular weight excluding hydrogens is 568 g/mol. The van der Waals surface area contributed by atoms with Gasteiger partial charge in [0.25, 0.3) is 5.91 Å². The minimum absolute atomic E-state index is 0.0976. The molecular formula is C29H25F6N3O2S. The van der Waals surface area contributed by atoms with E-state index in [0.29, 0.717) is 22.9 Å². The van der Waals surface area contributed by atoms with Gasteiger partial charge in [-0.3, -0.25) is 9.69 Å². The second-order valence-electron chi connectivity index (χ2n) is 9.20. The number of rotatable bonds is 10. The van der Waals surface area contributed by atoms with E-state index in [1.165, 1.54) is 34.9 Å². The highest BCUT2D eigenvalue weighted by Gasteiger charge is 2.31. The summed E-state index contributed by atoms with van der Waals surface area (Å²) < 4.78 is 83.9. The number of ether oxygens (including phenoxy) is 1. The van der Waals surface area contributed by atoms with E-state index in [4.69, 9.17) is 4.74 Å². The zero-order valence-electron chi connectivity index (χ0n) is 21.7. The molecule has 12 heteroatoms. The van der Waals surface area contributed by atoms with Gasteiger partial charge in [-0.15, -0.1) is 11.3 Å². The first-order chi connectivity index (χ1) is 19.4. The molecule has 1 aromatic heterocycles. The van der Waals surface area contributed by atoms with Crippen LogP contribution in [0.5, 0.6) is 5.75 Å². The fourth-order valence-electron chi connectivity index (χ4n) is 4.07. The normalized spacial score (nSPS) is 12.0. The van der Waals surface area contributed by atoms with E-state index in [2.05, 4.69) is 10.3 Å². The standard InChI is InChI=1S/C29H25F6N3O2S/c1-40-24-10-8-19(9-11-24)15-38(16-21-5-3-7-23(13-21)29(33,34)35)17-26-37-25(18-41-26)27(39)36-14-20-4-2-6-22(12-20)28(30,31)32/h2-13,18H,14-17H2,1H3,(H,36,39). The number of hydrogen-bond donors (Lipinski definition) is 1. The van der Waals surface area contributed by atoms with Crippen molar-refractivity contribution in [1.82, 2.24) is 15.2 Å². The van der Waals surface area contributed by atoms with Crippen LogP contribution in [-0.4, -0.2) is 22.9 Å². The predicted molar refractivity (Wildman–Crippen MR) is 142 cm³/mol. The van der Waals surface area contributed by atoms with E-state index in [0.717, 1.165) is 29.8 Å². The van der Waals surface area contributed by atoms with Gasteiger partial charge >= 0.3 is 12.4 Å². The third kappa shape index (κ3) is 8.54. The molecule has 1 N–H and O–H groups in total. The molecule has 1 heterocycles. The van der Waals surface area contributed by atoms with Crippen molar-refractivity contribution in [2.75, 3.05) is 7.11 Å². The molecule has 0 saturated heterocycles. The van der Waals surface area contributed by atoms with Crippen LogP contribution in [0, 0.1) is 0 Å². The van der Waals surface area contributed by atoms with Gasteiger partial charge in [-0.1, -0.05) is 42.5 Å². The maximum absolute atomic E-state index is 13.3. The van der Waals surface area contributed by atoms with Gasteiger partial charge < -0.3 is 10.1 Å². The first kappa shape index (κ1) is 30.1. The second-order valence-corrected chi connectivity index (χ2v) is 10.1. The summed E-state index contributed by atoms with van der Waals surface area (Å²) in [5.74, 6) is 0.114. The Morgan fingerprint density at radius 1 is 0.829 bits per heavy atom. The van der Waals surface area contributed by atoms with E-state index in [1.54, 1.807) is 25.3 Å². The summed E-state index contributed by atoms with van der Waals surface area (Å²) >= 11 is 1.21. The molecule has 0 radical (unpaired) electrons. The summed E-state index contributed by atoms with van der Waals surface area (Å²) in [5, 5.41) is 4.66. The quantitative estimate of drug-likeness (QED) is 0.196. The number of benzene rings is 3. The van der Waals surface area contributed by atoms with Crippen LogP contribution in [0.3, 0.4) is 0 Å². The van der Waals surface area contributed by atoms with Crippen LogP contribution in [0.4, 0.5) is 26.3 Å². The molecule has 0 aliphatic heterocycles. The molecule has 0 aliphatic carbocycles. The Kier molecular flexibility index (Phi) is 9.34. The molecule has 0 bridgehead atoms. The van der Waals surface area contributed by atoms with Gasteiger partial charge in [0.05, 0.1) is 24.8 Å². The third-order valence-electron chi connectivity index (χ3n) is 6.08. The van der Waals surface area contributed by atoms with Gasteiger partial charge in [0.15, 0.2) is 0 Å². The number of carbonyl (C=O) groups is 1. The summed E-state index contributed by atoms with van der Waals surface area (Å²) in [6, 6.07) is 17.1. The van der Waals surface area contributed by atoms with Crippen LogP contribution < -0.4 is 10.1 Å². The minimum atomic E-state index is -4.49. The Balaban J connectivity index is 1.47. The molecule has 0 fully saturated rings. The molecule has 4 aromatic rings.